The Kier molecular flexibility index (Phi) is 5.66. The molecule has 6 heteroatoms. The number of ether oxygens (including phenoxy) is 1. The third-order valence-electron chi connectivity index (χ3n) is 4.07. The lowest BCUT2D eigenvalue weighted by Gasteiger charge is -2.10. The van der Waals surface area contributed by atoms with Gasteiger partial charge in [0.05, 0.1) is 12.7 Å². The first-order valence-corrected chi connectivity index (χ1v) is 8.70. The number of carbonyl (C=O) groups excluding carboxylic acids is 1. The molecule has 0 amide bonds. The number of methoxy groups -OCH3 is 1. The van der Waals surface area contributed by atoms with Gasteiger partial charge in [-0.3, -0.25) is 0 Å². The SMILES string of the molecule is COC(=O)c1ccc(Nc2nccc(Nc3ccc(C(C)C)cc3)n2)cc1. The van der Waals surface area contributed by atoms with Gasteiger partial charge in [-0.2, -0.15) is 4.98 Å². The topological polar surface area (TPSA) is 76.1 Å². The van der Waals surface area contributed by atoms with Gasteiger partial charge in [0.25, 0.3) is 0 Å². The highest BCUT2D eigenvalue weighted by atomic mass is 16.5. The Bertz CT molecular complexity index is 906. The van der Waals surface area contributed by atoms with Crippen LogP contribution in [0.5, 0.6) is 0 Å². The van der Waals surface area contributed by atoms with E-state index in [2.05, 4.69) is 46.6 Å². The normalized spacial score (nSPS) is 10.5. The molecule has 0 radical (unpaired) electrons. The zero-order chi connectivity index (χ0) is 19.2. The Balaban J connectivity index is 1.69. The number of nitrogens with one attached hydrogen (secondary N) is 2. The molecule has 1 heterocycles. The fourth-order valence-corrected chi connectivity index (χ4v) is 2.52. The molecule has 138 valence electrons. The van der Waals surface area contributed by atoms with Crippen LogP contribution in [-0.2, 0) is 4.74 Å². The summed E-state index contributed by atoms with van der Waals surface area (Å²) in [6.07, 6.45) is 1.68. The molecular weight excluding hydrogens is 340 g/mol. The van der Waals surface area contributed by atoms with Crippen LogP contribution in [0.15, 0.2) is 60.8 Å². The molecule has 27 heavy (non-hydrogen) atoms. The Morgan fingerprint density at radius 3 is 2.19 bits per heavy atom. The fourth-order valence-electron chi connectivity index (χ4n) is 2.52. The minimum absolute atomic E-state index is 0.368. The van der Waals surface area contributed by atoms with Crippen LogP contribution >= 0.6 is 0 Å². The number of hydrogen-bond acceptors (Lipinski definition) is 6. The maximum Gasteiger partial charge on any atom is 0.337 e. The lowest BCUT2D eigenvalue weighted by atomic mass is 10.0. The molecule has 6 nitrogen and oxygen atoms in total. The molecule has 0 bridgehead atoms. The molecule has 0 aliphatic rings. The zero-order valence-electron chi connectivity index (χ0n) is 15.6. The van der Waals surface area contributed by atoms with Gasteiger partial charge >= 0.3 is 5.97 Å². The molecule has 0 aliphatic heterocycles. The van der Waals surface area contributed by atoms with E-state index in [9.17, 15) is 4.79 Å². The van der Waals surface area contributed by atoms with Gasteiger partial charge in [-0.15, -0.1) is 0 Å². The maximum absolute atomic E-state index is 11.5. The molecule has 0 atom stereocenters. The van der Waals surface area contributed by atoms with E-state index >= 15 is 0 Å². The minimum Gasteiger partial charge on any atom is -0.465 e. The Hall–Kier alpha value is -3.41. The van der Waals surface area contributed by atoms with E-state index in [1.165, 1.54) is 12.7 Å². The summed E-state index contributed by atoms with van der Waals surface area (Å²) in [5, 5.41) is 6.40. The third-order valence-corrected chi connectivity index (χ3v) is 4.07. The molecular formula is C21H22N4O2. The second kappa shape index (κ2) is 8.31. The van der Waals surface area contributed by atoms with E-state index in [-0.39, 0.29) is 5.97 Å². The summed E-state index contributed by atoms with van der Waals surface area (Å²) in [6.45, 7) is 4.34. The average molecular weight is 362 g/mol. The predicted octanol–water partition coefficient (Wildman–Crippen LogP) is 4.87. The van der Waals surface area contributed by atoms with E-state index in [0.29, 0.717) is 23.2 Å². The zero-order valence-corrected chi connectivity index (χ0v) is 15.6. The highest BCUT2D eigenvalue weighted by molar-refractivity contribution is 5.89. The number of rotatable bonds is 6. The van der Waals surface area contributed by atoms with Crippen LogP contribution in [0.25, 0.3) is 0 Å². The molecule has 0 fully saturated rings. The van der Waals surface area contributed by atoms with Crippen molar-refractivity contribution in [2.75, 3.05) is 17.7 Å². The standard InChI is InChI=1S/C21H22N4O2/c1-14(2)15-4-8-17(9-5-15)23-19-12-13-22-21(25-19)24-18-10-6-16(7-11-18)20(26)27-3/h4-14H,1-3H3,(H2,22,23,24,25). The monoisotopic (exact) mass is 362 g/mol. The fraction of sp³-hybridized carbons (Fsp3) is 0.190. The smallest absolute Gasteiger partial charge is 0.337 e. The summed E-state index contributed by atoms with van der Waals surface area (Å²) in [6, 6.07) is 17.0. The van der Waals surface area contributed by atoms with Crippen LogP contribution in [0.3, 0.4) is 0 Å². The average Bonchev–Trinajstić information content (AvgIpc) is 2.68. The van der Waals surface area contributed by atoms with Crippen molar-refractivity contribution < 1.29 is 9.53 Å². The summed E-state index contributed by atoms with van der Waals surface area (Å²) in [5.41, 5.74) is 3.53. The van der Waals surface area contributed by atoms with Crippen LogP contribution in [-0.4, -0.2) is 23.0 Å². The number of benzene rings is 2. The summed E-state index contributed by atoms with van der Waals surface area (Å²) in [4.78, 5) is 20.2. The number of esters is 1. The van der Waals surface area contributed by atoms with Gasteiger partial charge in [-0.1, -0.05) is 26.0 Å². The second-order valence-electron chi connectivity index (χ2n) is 6.36. The first kappa shape index (κ1) is 18.4. The van der Waals surface area contributed by atoms with E-state index in [0.717, 1.165) is 11.4 Å². The van der Waals surface area contributed by atoms with Gasteiger partial charge in [0.15, 0.2) is 0 Å². The first-order chi connectivity index (χ1) is 13.0. The van der Waals surface area contributed by atoms with Crippen molar-refractivity contribution in [1.29, 1.82) is 0 Å². The highest BCUT2D eigenvalue weighted by Crippen LogP contribution is 2.21. The Labute approximate surface area is 158 Å². The van der Waals surface area contributed by atoms with Crippen molar-refractivity contribution >= 4 is 29.1 Å². The maximum atomic E-state index is 11.5. The Morgan fingerprint density at radius 2 is 1.56 bits per heavy atom. The molecule has 2 N–H and O–H groups in total. The van der Waals surface area contributed by atoms with Gasteiger partial charge in [0.1, 0.15) is 5.82 Å². The van der Waals surface area contributed by atoms with Crippen molar-refractivity contribution in [3.8, 4) is 0 Å². The van der Waals surface area contributed by atoms with Gasteiger partial charge in [0.2, 0.25) is 5.95 Å². The molecule has 0 aliphatic carbocycles. The summed E-state index contributed by atoms with van der Waals surface area (Å²) in [7, 11) is 1.36. The number of nitrogens with zero attached hydrogens (tertiary/aromatic N) is 2. The van der Waals surface area contributed by atoms with E-state index in [4.69, 9.17) is 4.74 Å². The first-order valence-electron chi connectivity index (χ1n) is 8.70. The van der Waals surface area contributed by atoms with Gasteiger partial charge in [-0.25, -0.2) is 9.78 Å². The number of carbonyl (C=O) groups is 1. The van der Waals surface area contributed by atoms with Crippen LogP contribution in [0, 0.1) is 0 Å². The second-order valence-corrected chi connectivity index (χ2v) is 6.36. The summed E-state index contributed by atoms with van der Waals surface area (Å²) < 4.78 is 4.69. The van der Waals surface area contributed by atoms with Crippen molar-refractivity contribution in [1.82, 2.24) is 9.97 Å². The molecule has 0 saturated heterocycles. The van der Waals surface area contributed by atoms with E-state index < -0.39 is 0 Å². The summed E-state index contributed by atoms with van der Waals surface area (Å²) in [5.74, 6) is 1.28. The Morgan fingerprint density at radius 1 is 0.926 bits per heavy atom. The van der Waals surface area contributed by atoms with Crippen molar-refractivity contribution in [2.45, 2.75) is 19.8 Å². The lowest BCUT2D eigenvalue weighted by Crippen LogP contribution is -2.02. The predicted molar refractivity (Wildman–Crippen MR) is 107 cm³/mol. The van der Waals surface area contributed by atoms with Gasteiger partial charge in [-0.05, 0) is 53.9 Å². The third kappa shape index (κ3) is 4.82. The van der Waals surface area contributed by atoms with Crippen molar-refractivity contribution in [3.63, 3.8) is 0 Å². The molecule has 1 aromatic heterocycles. The van der Waals surface area contributed by atoms with E-state index in [1.54, 1.807) is 30.5 Å². The molecule has 3 rings (SSSR count). The van der Waals surface area contributed by atoms with Crippen molar-refractivity contribution in [3.05, 3.63) is 71.9 Å². The van der Waals surface area contributed by atoms with Crippen LogP contribution in [0.1, 0.15) is 35.7 Å². The van der Waals surface area contributed by atoms with Crippen molar-refractivity contribution in [2.24, 2.45) is 0 Å². The number of anilines is 4. The molecule has 0 spiro atoms. The van der Waals surface area contributed by atoms with E-state index in [1.807, 2.05) is 18.2 Å². The largest absolute Gasteiger partial charge is 0.465 e. The minimum atomic E-state index is -0.368. The van der Waals surface area contributed by atoms with Gasteiger partial charge in [0, 0.05) is 17.6 Å². The lowest BCUT2D eigenvalue weighted by molar-refractivity contribution is 0.0601. The van der Waals surface area contributed by atoms with Crippen LogP contribution in [0.4, 0.5) is 23.1 Å². The molecule has 3 aromatic rings. The van der Waals surface area contributed by atoms with Gasteiger partial charge < -0.3 is 15.4 Å². The number of hydrogen-bond donors (Lipinski definition) is 2. The van der Waals surface area contributed by atoms with Crippen LogP contribution in [0.2, 0.25) is 0 Å². The molecule has 2 aromatic carbocycles. The van der Waals surface area contributed by atoms with Crippen LogP contribution < -0.4 is 10.6 Å². The molecule has 0 saturated carbocycles. The number of aromatic nitrogens is 2. The summed E-state index contributed by atoms with van der Waals surface area (Å²) >= 11 is 0. The molecule has 0 unspecified atom stereocenters. The highest BCUT2D eigenvalue weighted by Gasteiger charge is 2.06. The quantitative estimate of drug-likeness (QED) is 0.609.